The fourth-order valence-electron chi connectivity index (χ4n) is 1.66. The Morgan fingerprint density at radius 2 is 2.29 bits per heavy atom. The summed E-state index contributed by atoms with van der Waals surface area (Å²) in [7, 11) is 0. The van der Waals surface area contributed by atoms with Gasteiger partial charge in [-0.1, -0.05) is 6.92 Å². The van der Waals surface area contributed by atoms with Crippen LogP contribution in [0.5, 0.6) is 0 Å². The summed E-state index contributed by atoms with van der Waals surface area (Å²) in [6.45, 7) is 7.93. The number of carboxylic acids is 1. The van der Waals surface area contributed by atoms with Crippen molar-refractivity contribution in [2.75, 3.05) is 13.1 Å². The zero-order valence-electron chi connectivity index (χ0n) is 10.7. The first-order valence-corrected chi connectivity index (χ1v) is 5.95. The molecule has 1 heterocycles. The average Bonchev–Trinajstić information content (AvgIpc) is 2.56. The summed E-state index contributed by atoms with van der Waals surface area (Å²) in [5.74, 6) is -1.08. The summed E-state index contributed by atoms with van der Waals surface area (Å²) in [4.78, 5) is 10.6. The summed E-state index contributed by atoms with van der Waals surface area (Å²) in [5.41, 5.74) is 2.20. The van der Waals surface area contributed by atoms with Gasteiger partial charge in [0.25, 0.3) is 0 Å². The van der Waals surface area contributed by atoms with Crippen LogP contribution >= 0.6 is 0 Å². The number of hydrogen-bond acceptors (Lipinski definition) is 3. The fraction of sp³-hybridized carbons (Fsp3) is 0.667. The Labute approximate surface area is 102 Å². The average molecular weight is 239 g/mol. The summed E-state index contributed by atoms with van der Waals surface area (Å²) in [5, 5.41) is 16.2. The van der Waals surface area contributed by atoms with Crippen LogP contribution in [0.2, 0.25) is 0 Å². The molecule has 5 heteroatoms. The molecule has 1 rings (SSSR count). The first kappa shape index (κ1) is 13.7. The van der Waals surface area contributed by atoms with Gasteiger partial charge in [0, 0.05) is 18.8 Å². The molecule has 0 spiro atoms. The second kappa shape index (κ2) is 6.39. The van der Waals surface area contributed by atoms with Gasteiger partial charge in [-0.3, -0.25) is 9.48 Å². The molecule has 5 nitrogen and oxygen atoms in total. The number of hydrogen-bond donors (Lipinski definition) is 2. The van der Waals surface area contributed by atoms with Crippen LogP contribution in [-0.2, 0) is 11.3 Å². The first-order valence-electron chi connectivity index (χ1n) is 5.95. The molecule has 1 unspecified atom stereocenters. The van der Waals surface area contributed by atoms with E-state index in [1.165, 1.54) is 5.69 Å². The smallest absolute Gasteiger partial charge is 0.307 e. The van der Waals surface area contributed by atoms with Gasteiger partial charge in [0.1, 0.15) is 0 Å². The molecule has 1 aromatic rings. The monoisotopic (exact) mass is 239 g/mol. The Balaban J connectivity index is 2.16. The Hall–Kier alpha value is -1.36. The molecule has 0 saturated carbocycles. The lowest BCUT2D eigenvalue weighted by Crippen LogP contribution is -2.27. The minimum absolute atomic E-state index is 0.330. The molecule has 0 amide bonds. The number of aryl methyl sites for hydroxylation is 3. The molecular weight excluding hydrogens is 218 g/mol. The number of rotatable bonds is 7. The standard InChI is InChI=1S/C12H21N3O2/c1-9(12(16)17)8-13-5-4-6-15-11(3)7-10(2)14-15/h7,9,13H,4-6,8H2,1-3H3,(H,16,17). The molecule has 0 aromatic carbocycles. The summed E-state index contributed by atoms with van der Waals surface area (Å²) >= 11 is 0. The van der Waals surface area contributed by atoms with Crippen molar-refractivity contribution in [1.82, 2.24) is 15.1 Å². The maximum Gasteiger partial charge on any atom is 0.307 e. The molecule has 96 valence electrons. The van der Waals surface area contributed by atoms with Gasteiger partial charge >= 0.3 is 5.97 Å². The minimum atomic E-state index is -0.754. The number of carboxylic acid groups (broad SMARTS) is 1. The highest BCUT2D eigenvalue weighted by Gasteiger charge is 2.09. The van der Waals surface area contributed by atoms with Gasteiger partial charge < -0.3 is 10.4 Å². The number of aromatic nitrogens is 2. The molecule has 0 aliphatic rings. The Morgan fingerprint density at radius 3 is 2.82 bits per heavy atom. The lowest BCUT2D eigenvalue weighted by molar-refractivity contribution is -0.140. The topological polar surface area (TPSA) is 67.2 Å². The number of carbonyl (C=O) groups is 1. The van der Waals surface area contributed by atoms with Gasteiger partial charge in [0.2, 0.25) is 0 Å². The van der Waals surface area contributed by atoms with Crippen LogP contribution in [0.15, 0.2) is 6.07 Å². The van der Waals surface area contributed by atoms with Crippen molar-refractivity contribution in [2.45, 2.75) is 33.7 Å². The molecule has 2 N–H and O–H groups in total. The largest absolute Gasteiger partial charge is 0.481 e. The summed E-state index contributed by atoms with van der Waals surface area (Å²) < 4.78 is 1.98. The first-order chi connectivity index (χ1) is 8.00. The van der Waals surface area contributed by atoms with Gasteiger partial charge in [0.05, 0.1) is 11.6 Å². The van der Waals surface area contributed by atoms with Crippen LogP contribution in [0, 0.1) is 19.8 Å². The van der Waals surface area contributed by atoms with E-state index in [0.717, 1.165) is 25.2 Å². The molecule has 0 bridgehead atoms. The predicted molar refractivity (Wildman–Crippen MR) is 66.0 cm³/mol. The number of nitrogens with one attached hydrogen (secondary N) is 1. The van der Waals surface area contributed by atoms with E-state index in [4.69, 9.17) is 5.11 Å². The quantitative estimate of drug-likeness (QED) is 0.702. The van der Waals surface area contributed by atoms with E-state index in [2.05, 4.69) is 16.5 Å². The van der Waals surface area contributed by atoms with Gasteiger partial charge in [-0.2, -0.15) is 5.10 Å². The minimum Gasteiger partial charge on any atom is -0.481 e. The van der Waals surface area contributed by atoms with E-state index in [1.807, 2.05) is 18.5 Å². The van der Waals surface area contributed by atoms with E-state index in [-0.39, 0.29) is 5.92 Å². The lowest BCUT2D eigenvalue weighted by atomic mass is 10.2. The zero-order valence-corrected chi connectivity index (χ0v) is 10.7. The van der Waals surface area contributed by atoms with E-state index >= 15 is 0 Å². The van der Waals surface area contributed by atoms with Crippen LogP contribution < -0.4 is 5.32 Å². The van der Waals surface area contributed by atoms with Gasteiger partial charge in [-0.05, 0) is 32.9 Å². The molecule has 1 aromatic heterocycles. The Kier molecular flexibility index (Phi) is 5.15. The van der Waals surface area contributed by atoms with Crippen molar-refractivity contribution in [1.29, 1.82) is 0 Å². The second-order valence-corrected chi connectivity index (χ2v) is 4.45. The van der Waals surface area contributed by atoms with Crippen LogP contribution in [0.1, 0.15) is 24.7 Å². The highest BCUT2D eigenvalue weighted by atomic mass is 16.4. The Bertz CT molecular complexity index is 374. The summed E-state index contributed by atoms with van der Waals surface area (Å²) in [6.07, 6.45) is 0.953. The van der Waals surface area contributed by atoms with Crippen LogP contribution in [0.4, 0.5) is 0 Å². The maximum absolute atomic E-state index is 10.6. The van der Waals surface area contributed by atoms with Crippen molar-refractivity contribution >= 4 is 5.97 Å². The third-order valence-electron chi connectivity index (χ3n) is 2.70. The highest BCUT2D eigenvalue weighted by Crippen LogP contribution is 2.02. The molecule has 0 fully saturated rings. The third kappa shape index (κ3) is 4.56. The highest BCUT2D eigenvalue weighted by molar-refractivity contribution is 5.69. The van der Waals surface area contributed by atoms with Crippen molar-refractivity contribution in [3.63, 3.8) is 0 Å². The van der Waals surface area contributed by atoms with E-state index < -0.39 is 5.97 Å². The predicted octanol–water partition coefficient (Wildman–Crippen LogP) is 1.20. The summed E-state index contributed by atoms with van der Waals surface area (Å²) in [6, 6.07) is 2.06. The SMILES string of the molecule is Cc1cc(C)n(CCCNCC(C)C(=O)O)n1. The molecule has 0 aliphatic heterocycles. The molecular formula is C12H21N3O2. The van der Waals surface area contributed by atoms with Crippen molar-refractivity contribution in [3.8, 4) is 0 Å². The fourth-order valence-corrected chi connectivity index (χ4v) is 1.66. The maximum atomic E-state index is 10.6. The number of aliphatic carboxylic acids is 1. The molecule has 0 saturated heterocycles. The molecule has 0 aliphatic carbocycles. The van der Waals surface area contributed by atoms with E-state index in [1.54, 1.807) is 6.92 Å². The molecule has 1 atom stereocenters. The van der Waals surface area contributed by atoms with Gasteiger partial charge in [0.15, 0.2) is 0 Å². The zero-order chi connectivity index (χ0) is 12.8. The number of nitrogens with zero attached hydrogens (tertiary/aromatic N) is 2. The van der Waals surface area contributed by atoms with E-state index in [9.17, 15) is 4.79 Å². The molecule has 17 heavy (non-hydrogen) atoms. The van der Waals surface area contributed by atoms with Crippen LogP contribution in [0.3, 0.4) is 0 Å². The van der Waals surface area contributed by atoms with Crippen molar-refractivity contribution < 1.29 is 9.90 Å². The van der Waals surface area contributed by atoms with Crippen LogP contribution in [-0.4, -0.2) is 33.9 Å². The lowest BCUT2D eigenvalue weighted by Gasteiger charge is -2.08. The van der Waals surface area contributed by atoms with Crippen LogP contribution in [0.25, 0.3) is 0 Å². The van der Waals surface area contributed by atoms with Gasteiger partial charge in [-0.15, -0.1) is 0 Å². The van der Waals surface area contributed by atoms with E-state index in [0.29, 0.717) is 6.54 Å². The molecule has 0 radical (unpaired) electrons. The normalized spacial score (nSPS) is 12.6. The van der Waals surface area contributed by atoms with Crippen molar-refractivity contribution in [2.24, 2.45) is 5.92 Å². The van der Waals surface area contributed by atoms with Gasteiger partial charge in [-0.25, -0.2) is 0 Å². The third-order valence-corrected chi connectivity index (χ3v) is 2.70. The van der Waals surface area contributed by atoms with Crippen molar-refractivity contribution in [3.05, 3.63) is 17.5 Å². The Morgan fingerprint density at radius 1 is 1.59 bits per heavy atom. The second-order valence-electron chi connectivity index (χ2n) is 4.45.